The van der Waals surface area contributed by atoms with Gasteiger partial charge in [-0.2, -0.15) is 0 Å². The van der Waals surface area contributed by atoms with E-state index in [-0.39, 0.29) is 11.9 Å². The van der Waals surface area contributed by atoms with Crippen LogP contribution in [0.5, 0.6) is 5.75 Å². The Morgan fingerprint density at radius 3 is 2.92 bits per heavy atom. The summed E-state index contributed by atoms with van der Waals surface area (Å²) in [5.74, 6) is 0.286. The van der Waals surface area contributed by atoms with Crippen LogP contribution in [0, 0.1) is 6.92 Å². The van der Waals surface area contributed by atoms with Crippen molar-refractivity contribution in [1.29, 1.82) is 0 Å². The second kappa shape index (κ2) is 8.40. The van der Waals surface area contributed by atoms with Crippen molar-refractivity contribution in [2.24, 2.45) is 0 Å². The Hall–Kier alpha value is -2.28. The van der Waals surface area contributed by atoms with Crippen LogP contribution in [-0.2, 0) is 11.4 Å². The molecule has 0 aliphatic heterocycles. The fourth-order valence-corrected chi connectivity index (χ4v) is 3.15. The third kappa shape index (κ3) is 5.36. The van der Waals surface area contributed by atoms with Crippen LogP contribution in [0.15, 0.2) is 35.7 Å². The van der Waals surface area contributed by atoms with Gasteiger partial charge in [0.25, 0.3) is 6.43 Å². The fourth-order valence-electron chi connectivity index (χ4n) is 2.56. The molecule has 138 valence electrons. The molecule has 7 heteroatoms. The zero-order valence-corrected chi connectivity index (χ0v) is 15.2. The average Bonchev–Trinajstić information content (AvgIpc) is 3.37. The first-order valence-corrected chi connectivity index (χ1v) is 9.30. The zero-order valence-electron chi connectivity index (χ0n) is 14.4. The van der Waals surface area contributed by atoms with Crippen molar-refractivity contribution in [3.05, 3.63) is 52.0 Å². The van der Waals surface area contributed by atoms with Crippen molar-refractivity contribution >= 4 is 23.3 Å². The van der Waals surface area contributed by atoms with E-state index in [1.54, 1.807) is 23.5 Å². The van der Waals surface area contributed by atoms with E-state index >= 15 is 0 Å². The minimum atomic E-state index is -2.51. The van der Waals surface area contributed by atoms with Gasteiger partial charge >= 0.3 is 0 Å². The van der Waals surface area contributed by atoms with Crippen molar-refractivity contribution in [2.45, 2.75) is 38.8 Å². The summed E-state index contributed by atoms with van der Waals surface area (Å²) in [7, 11) is 0. The molecule has 1 saturated carbocycles. The monoisotopic (exact) mass is 378 g/mol. The molecule has 0 radical (unpaired) electrons. The van der Waals surface area contributed by atoms with Crippen molar-refractivity contribution in [3.8, 4) is 5.75 Å². The third-order valence-electron chi connectivity index (χ3n) is 3.94. The second-order valence-corrected chi connectivity index (χ2v) is 7.23. The Labute approximate surface area is 155 Å². The van der Waals surface area contributed by atoms with Gasteiger partial charge in [0.2, 0.25) is 5.91 Å². The van der Waals surface area contributed by atoms with E-state index in [4.69, 9.17) is 4.74 Å². The van der Waals surface area contributed by atoms with Gasteiger partial charge in [-0.25, -0.2) is 13.8 Å². The van der Waals surface area contributed by atoms with Gasteiger partial charge in [0.1, 0.15) is 12.4 Å². The number of carbonyl (C=O) groups is 1. The highest BCUT2D eigenvalue weighted by Gasteiger charge is 2.33. The van der Waals surface area contributed by atoms with Crippen LogP contribution in [0.2, 0.25) is 0 Å². The number of rotatable bonds is 8. The molecule has 2 aromatic rings. The second-order valence-electron chi connectivity index (χ2n) is 6.17. The van der Waals surface area contributed by atoms with Crippen LogP contribution in [0.3, 0.4) is 0 Å². The maximum absolute atomic E-state index is 12.6. The van der Waals surface area contributed by atoms with E-state index in [0.29, 0.717) is 12.4 Å². The quantitative estimate of drug-likeness (QED) is 0.643. The van der Waals surface area contributed by atoms with Gasteiger partial charge < -0.3 is 9.64 Å². The van der Waals surface area contributed by atoms with E-state index in [1.165, 1.54) is 11.0 Å². The molecular formula is C19H20F2N2O2S. The Kier molecular flexibility index (Phi) is 5.98. The minimum absolute atomic E-state index is 0.0441. The molecule has 0 unspecified atom stereocenters. The third-order valence-corrected chi connectivity index (χ3v) is 4.76. The topological polar surface area (TPSA) is 42.4 Å². The lowest BCUT2D eigenvalue weighted by Gasteiger charge is -2.20. The molecule has 26 heavy (non-hydrogen) atoms. The molecule has 1 aromatic carbocycles. The van der Waals surface area contributed by atoms with Gasteiger partial charge in [0.15, 0.2) is 0 Å². The molecule has 0 saturated heterocycles. The number of benzene rings is 1. The molecule has 4 nitrogen and oxygen atoms in total. The zero-order chi connectivity index (χ0) is 18.5. The number of thiazole rings is 1. The van der Waals surface area contributed by atoms with E-state index in [0.717, 1.165) is 29.1 Å². The summed E-state index contributed by atoms with van der Waals surface area (Å²) >= 11 is 1.57. The standard InChI is InChI=1S/C19H20F2N2O2S/c1-13-22-15(12-26-13)11-25-17-4-2-3-14(9-17)5-8-19(24)23(10-18(20)21)16-6-7-16/h2-5,8-9,12,16,18H,6-7,10-11H2,1H3. The smallest absolute Gasteiger partial charge is 0.255 e. The van der Waals surface area contributed by atoms with E-state index in [2.05, 4.69) is 4.98 Å². The molecule has 0 spiro atoms. The van der Waals surface area contributed by atoms with Gasteiger partial charge in [-0.15, -0.1) is 11.3 Å². The number of alkyl halides is 2. The average molecular weight is 378 g/mol. The number of halogens is 2. The maximum atomic E-state index is 12.6. The van der Waals surface area contributed by atoms with Crippen LogP contribution >= 0.6 is 11.3 Å². The first-order valence-electron chi connectivity index (χ1n) is 8.42. The molecule has 1 aliphatic rings. The Bertz CT molecular complexity index is 787. The lowest BCUT2D eigenvalue weighted by atomic mass is 10.2. The van der Waals surface area contributed by atoms with Crippen molar-refractivity contribution in [1.82, 2.24) is 9.88 Å². The SMILES string of the molecule is Cc1nc(COc2cccc(C=CC(=O)N(CC(F)F)C3CC3)c2)cs1. The molecule has 0 N–H and O–H groups in total. The van der Waals surface area contributed by atoms with Crippen LogP contribution < -0.4 is 4.74 Å². The first-order chi connectivity index (χ1) is 12.5. The Balaban J connectivity index is 1.60. The summed E-state index contributed by atoms with van der Waals surface area (Å²) < 4.78 is 31.0. The number of aromatic nitrogens is 1. The van der Waals surface area contributed by atoms with Gasteiger partial charge in [0.05, 0.1) is 17.2 Å². The van der Waals surface area contributed by atoms with Crippen LogP contribution in [0.1, 0.15) is 29.1 Å². The molecule has 3 rings (SSSR count). The molecule has 1 amide bonds. The minimum Gasteiger partial charge on any atom is -0.487 e. The van der Waals surface area contributed by atoms with Crippen molar-refractivity contribution in [3.63, 3.8) is 0 Å². The number of amides is 1. The highest BCUT2D eigenvalue weighted by atomic mass is 32.1. The predicted octanol–water partition coefficient (Wildman–Crippen LogP) is 4.30. The first kappa shape index (κ1) is 18.5. The number of nitrogens with zero attached hydrogens (tertiary/aromatic N) is 2. The number of hydrogen-bond acceptors (Lipinski definition) is 4. The van der Waals surface area contributed by atoms with Crippen molar-refractivity contribution < 1.29 is 18.3 Å². The number of carbonyl (C=O) groups excluding carboxylic acids is 1. The normalized spacial score (nSPS) is 14.2. The van der Waals surface area contributed by atoms with E-state index < -0.39 is 13.0 Å². The number of aryl methyl sites for hydroxylation is 1. The predicted molar refractivity (Wildman–Crippen MR) is 97.4 cm³/mol. The lowest BCUT2D eigenvalue weighted by Crippen LogP contribution is -2.35. The van der Waals surface area contributed by atoms with Gasteiger partial charge in [-0.1, -0.05) is 12.1 Å². The molecule has 0 bridgehead atoms. The summed E-state index contributed by atoms with van der Waals surface area (Å²) in [6.07, 6.45) is 2.06. The molecule has 1 heterocycles. The summed E-state index contributed by atoms with van der Waals surface area (Å²) in [5.41, 5.74) is 1.65. The van der Waals surface area contributed by atoms with Gasteiger partial charge in [-0.3, -0.25) is 4.79 Å². The molecule has 1 aliphatic carbocycles. The van der Waals surface area contributed by atoms with E-state index in [9.17, 15) is 13.6 Å². The Morgan fingerprint density at radius 2 is 2.27 bits per heavy atom. The molecule has 0 atom stereocenters. The van der Waals surface area contributed by atoms with Gasteiger partial charge in [-0.05, 0) is 43.5 Å². The summed E-state index contributed by atoms with van der Waals surface area (Å²) in [5, 5.41) is 2.94. The Morgan fingerprint density at radius 1 is 1.46 bits per heavy atom. The van der Waals surface area contributed by atoms with E-state index in [1.807, 2.05) is 30.5 Å². The largest absolute Gasteiger partial charge is 0.487 e. The lowest BCUT2D eigenvalue weighted by molar-refractivity contribution is -0.128. The highest BCUT2D eigenvalue weighted by Crippen LogP contribution is 2.28. The molecule has 1 fully saturated rings. The summed E-state index contributed by atoms with van der Waals surface area (Å²) in [6, 6.07) is 7.24. The van der Waals surface area contributed by atoms with Crippen LogP contribution in [-0.4, -0.2) is 34.8 Å². The maximum Gasteiger partial charge on any atom is 0.255 e. The number of hydrogen-bond donors (Lipinski definition) is 0. The molecular weight excluding hydrogens is 358 g/mol. The highest BCUT2D eigenvalue weighted by molar-refractivity contribution is 7.09. The molecule has 1 aromatic heterocycles. The summed E-state index contributed by atoms with van der Waals surface area (Å²) in [6.45, 7) is 1.81. The summed E-state index contributed by atoms with van der Waals surface area (Å²) in [4.78, 5) is 17.8. The van der Waals surface area contributed by atoms with Crippen molar-refractivity contribution in [2.75, 3.05) is 6.54 Å². The number of ether oxygens (including phenoxy) is 1. The fraction of sp³-hybridized carbons (Fsp3) is 0.368. The van der Waals surface area contributed by atoms with Gasteiger partial charge in [0, 0.05) is 17.5 Å². The van der Waals surface area contributed by atoms with Crippen LogP contribution in [0.4, 0.5) is 8.78 Å². The van der Waals surface area contributed by atoms with Crippen LogP contribution in [0.25, 0.3) is 6.08 Å².